The second kappa shape index (κ2) is 13.8. The van der Waals surface area contributed by atoms with Crippen molar-refractivity contribution in [1.82, 2.24) is 10.2 Å². The highest BCUT2D eigenvalue weighted by atomic mass is 127. The van der Waals surface area contributed by atoms with Crippen molar-refractivity contribution in [3.05, 3.63) is 12.7 Å². The average Bonchev–Trinajstić information content (AvgIpc) is 2.31. The third-order valence-corrected chi connectivity index (χ3v) is 2.49. The van der Waals surface area contributed by atoms with Gasteiger partial charge >= 0.3 is 0 Å². The molecule has 4 nitrogen and oxygen atoms in total. The Morgan fingerprint density at radius 2 is 2.00 bits per heavy atom. The maximum atomic E-state index is 5.63. The molecule has 3 N–H and O–H groups in total. The maximum Gasteiger partial charge on any atom is 0.188 e. The van der Waals surface area contributed by atoms with Crippen molar-refractivity contribution in [2.45, 2.75) is 26.7 Å². The molecule has 0 fully saturated rings. The minimum absolute atomic E-state index is 0. The van der Waals surface area contributed by atoms with E-state index < -0.39 is 0 Å². The number of nitrogens with zero attached hydrogens (tertiary/aromatic N) is 2. The number of aliphatic imine (C=N–C) groups is 1. The first-order valence-corrected chi connectivity index (χ1v) is 6.11. The van der Waals surface area contributed by atoms with Crippen molar-refractivity contribution in [3.8, 4) is 0 Å². The monoisotopic (exact) mass is 354 g/mol. The first kappa shape index (κ1) is 19.0. The summed E-state index contributed by atoms with van der Waals surface area (Å²) >= 11 is 0. The third kappa shape index (κ3) is 12.0. The molecule has 0 spiro atoms. The lowest BCUT2D eigenvalue weighted by atomic mass is 10.3. The highest BCUT2D eigenvalue weighted by molar-refractivity contribution is 14.0. The number of halogens is 1. The molecule has 102 valence electrons. The Morgan fingerprint density at radius 1 is 1.35 bits per heavy atom. The second-order valence-corrected chi connectivity index (χ2v) is 3.67. The normalized spacial score (nSPS) is 11.1. The molecule has 0 aliphatic rings. The van der Waals surface area contributed by atoms with Gasteiger partial charge in [0.05, 0.1) is 0 Å². The van der Waals surface area contributed by atoms with Crippen LogP contribution in [0.4, 0.5) is 0 Å². The third-order valence-electron chi connectivity index (χ3n) is 2.49. The van der Waals surface area contributed by atoms with Gasteiger partial charge in [0.25, 0.3) is 0 Å². The van der Waals surface area contributed by atoms with Crippen LogP contribution in [-0.2, 0) is 0 Å². The molecule has 0 saturated heterocycles. The van der Waals surface area contributed by atoms with Gasteiger partial charge in [-0.25, -0.2) is 0 Å². The van der Waals surface area contributed by atoms with Crippen molar-refractivity contribution in [3.63, 3.8) is 0 Å². The molecule has 0 bridgehead atoms. The van der Waals surface area contributed by atoms with Crippen LogP contribution in [0.25, 0.3) is 0 Å². The molecule has 0 aromatic carbocycles. The molecule has 0 unspecified atom stereocenters. The number of nitrogens with two attached hydrogens (primary N) is 1. The summed E-state index contributed by atoms with van der Waals surface area (Å²) in [5.74, 6) is 0.516. The Hall–Kier alpha value is -0.300. The van der Waals surface area contributed by atoms with E-state index in [0.29, 0.717) is 12.5 Å². The Bertz CT molecular complexity index is 203. The van der Waals surface area contributed by atoms with Gasteiger partial charge in [0.2, 0.25) is 0 Å². The van der Waals surface area contributed by atoms with E-state index in [9.17, 15) is 0 Å². The molecule has 0 heterocycles. The molecule has 0 amide bonds. The van der Waals surface area contributed by atoms with E-state index in [-0.39, 0.29) is 24.0 Å². The lowest BCUT2D eigenvalue weighted by molar-refractivity contribution is 0.297. The summed E-state index contributed by atoms with van der Waals surface area (Å²) in [5, 5.41) is 2.95. The SMILES string of the molecule is C=CCNC(N)=NCCCCN(CC)CC.I. The molecular formula is C12H27IN4. The van der Waals surface area contributed by atoms with E-state index in [2.05, 4.69) is 35.6 Å². The van der Waals surface area contributed by atoms with Gasteiger partial charge in [-0.2, -0.15) is 0 Å². The van der Waals surface area contributed by atoms with E-state index in [1.165, 1.54) is 6.42 Å². The van der Waals surface area contributed by atoms with Crippen LogP contribution < -0.4 is 11.1 Å². The summed E-state index contributed by atoms with van der Waals surface area (Å²) in [6, 6.07) is 0. The molecular weight excluding hydrogens is 327 g/mol. The van der Waals surface area contributed by atoms with E-state index in [0.717, 1.165) is 32.6 Å². The van der Waals surface area contributed by atoms with E-state index in [1.54, 1.807) is 6.08 Å². The highest BCUT2D eigenvalue weighted by Gasteiger charge is 1.97. The van der Waals surface area contributed by atoms with Crippen LogP contribution in [0.1, 0.15) is 26.7 Å². The maximum absolute atomic E-state index is 5.63. The topological polar surface area (TPSA) is 53.6 Å². The molecule has 0 atom stereocenters. The van der Waals surface area contributed by atoms with Crippen LogP contribution in [0.5, 0.6) is 0 Å². The first-order chi connectivity index (χ1) is 7.74. The molecule has 0 saturated carbocycles. The van der Waals surface area contributed by atoms with Crippen molar-refractivity contribution >= 4 is 29.9 Å². The van der Waals surface area contributed by atoms with Gasteiger partial charge in [0.15, 0.2) is 5.96 Å². The minimum Gasteiger partial charge on any atom is -0.370 e. The smallest absolute Gasteiger partial charge is 0.188 e. The first-order valence-electron chi connectivity index (χ1n) is 6.11. The predicted molar refractivity (Wildman–Crippen MR) is 87.1 cm³/mol. The van der Waals surface area contributed by atoms with E-state index in [4.69, 9.17) is 5.73 Å². The predicted octanol–water partition coefficient (Wildman–Crippen LogP) is 1.82. The fourth-order valence-corrected chi connectivity index (χ4v) is 1.42. The lowest BCUT2D eigenvalue weighted by Crippen LogP contribution is -2.31. The second-order valence-electron chi connectivity index (χ2n) is 3.67. The fourth-order valence-electron chi connectivity index (χ4n) is 1.42. The van der Waals surface area contributed by atoms with Crippen LogP contribution in [0.3, 0.4) is 0 Å². The minimum atomic E-state index is 0. The Kier molecular flexibility index (Phi) is 15.4. The van der Waals surface area contributed by atoms with Gasteiger partial charge in [-0.3, -0.25) is 4.99 Å². The zero-order chi connectivity index (χ0) is 12.2. The molecule has 0 aliphatic carbocycles. The van der Waals surface area contributed by atoms with Crippen molar-refractivity contribution in [2.75, 3.05) is 32.7 Å². The zero-order valence-electron chi connectivity index (χ0n) is 11.1. The molecule has 0 aromatic heterocycles. The Morgan fingerprint density at radius 3 is 2.53 bits per heavy atom. The summed E-state index contributed by atoms with van der Waals surface area (Å²) in [7, 11) is 0. The highest BCUT2D eigenvalue weighted by Crippen LogP contribution is 1.95. The van der Waals surface area contributed by atoms with Crippen LogP contribution in [0.15, 0.2) is 17.6 Å². The molecule has 0 aliphatic heterocycles. The number of nitrogens with one attached hydrogen (secondary N) is 1. The number of guanidine groups is 1. The van der Waals surface area contributed by atoms with E-state index in [1.807, 2.05) is 0 Å². The van der Waals surface area contributed by atoms with Gasteiger partial charge in [-0.15, -0.1) is 30.6 Å². The number of hydrogen-bond donors (Lipinski definition) is 2. The van der Waals surface area contributed by atoms with Crippen molar-refractivity contribution < 1.29 is 0 Å². The number of hydrogen-bond acceptors (Lipinski definition) is 2. The van der Waals surface area contributed by atoms with E-state index >= 15 is 0 Å². The van der Waals surface area contributed by atoms with Gasteiger partial charge in [0, 0.05) is 13.1 Å². The lowest BCUT2D eigenvalue weighted by Gasteiger charge is -2.17. The zero-order valence-corrected chi connectivity index (χ0v) is 13.4. The van der Waals surface area contributed by atoms with Crippen LogP contribution in [0.2, 0.25) is 0 Å². The standard InChI is InChI=1S/C12H26N4.HI/c1-4-9-14-12(13)15-10-7-8-11-16(5-2)6-3;/h4H,1,5-11H2,2-3H3,(H3,13,14,15);1H. The van der Waals surface area contributed by atoms with Crippen LogP contribution in [0, 0.1) is 0 Å². The largest absolute Gasteiger partial charge is 0.370 e. The summed E-state index contributed by atoms with van der Waals surface area (Å²) in [5.41, 5.74) is 5.63. The van der Waals surface area contributed by atoms with Gasteiger partial charge < -0.3 is 16.0 Å². The Balaban J connectivity index is 0. The molecule has 5 heteroatoms. The van der Waals surface area contributed by atoms with Crippen molar-refractivity contribution in [2.24, 2.45) is 10.7 Å². The summed E-state index contributed by atoms with van der Waals surface area (Å²) in [4.78, 5) is 6.65. The Labute approximate surface area is 123 Å². The molecule has 0 rings (SSSR count). The molecule has 0 radical (unpaired) electrons. The average molecular weight is 354 g/mol. The van der Waals surface area contributed by atoms with Gasteiger partial charge in [-0.1, -0.05) is 19.9 Å². The molecule has 17 heavy (non-hydrogen) atoms. The summed E-state index contributed by atoms with van der Waals surface area (Å²) in [6.07, 6.45) is 4.04. The fraction of sp³-hybridized carbons (Fsp3) is 0.750. The van der Waals surface area contributed by atoms with Gasteiger partial charge in [0.1, 0.15) is 0 Å². The van der Waals surface area contributed by atoms with Gasteiger partial charge in [-0.05, 0) is 32.5 Å². The quantitative estimate of drug-likeness (QED) is 0.218. The molecule has 0 aromatic rings. The summed E-state index contributed by atoms with van der Waals surface area (Å²) < 4.78 is 0. The number of unbranched alkanes of at least 4 members (excludes halogenated alkanes) is 1. The summed E-state index contributed by atoms with van der Waals surface area (Å²) in [6.45, 7) is 12.9. The van der Waals surface area contributed by atoms with Crippen molar-refractivity contribution in [1.29, 1.82) is 0 Å². The van der Waals surface area contributed by atoms with Crippen LogP contribution >= 0.6 is 24.0 Å². The number of rotatable bonds is 9. The van der Waals surface area contributed by atoms with Crippen LogP contribution in [-0.4, -0.2) is 43.6 Å².